The fraction of sp³-hybridized carbons (Fsp3) is 0.0455. The third kappa shape index (κ3) is 4.46. The molecule has 0 fully saturated rings. The Morgan fingerprint density at radius 1 is 0.935 bits per heavy atom. The summed E-state index contributed by atoms with van der Waals surface area (Å²) in [6.07, 6.45) is 3.01. The normalized spacial score (nSPS) is 11.1. The van der Waals surface area contributed by atoms with Gasteiger partial charge in [-0.05, 0) is 55.5 Å². The predicted molar refractivity (Wildman–Crippen MR) is 118 cm³/mol. The van der Waals surface area contributed by atoms with E-state index in [0.29, 0.717) is 16.9 Å². The SMILES string of the molecule is Cc1c(C(=O)Nc2ccc(S(=O)(=O)Nc3ccccn3)cc2)cnn1-c1ccccc1. The fourth-order valence-electron chi connectivity index (χ4n) is 3.00. The molecule has 0 aliphatic rings. The standard InChI is InChI=1S/C22H19N5O3S/c1-16-20(15-24-27(16)18-7-3-2-4-8-18)22(28)25-17-10-12-19(13-11-17)31(29,30)26-21-9-5-6-14-23-21/h2-15H,1H3,(H,23,26)(H,25,28). The quantitative estimate of drug-likeness (QED) is 0.483. The monoisotopic (exact) mass is 433 g/mol. The summed E-state index contributed by atoms with van der Waals surface area (Å²) in [6, 6.07) is 20.3. The van der Waals surface area contributed by atoms with E-state index in [1.54, 1.807) is 22.9 Å². The molecule has 156 valence electrons. The Kier molecular flexibility index (Phi) is 5.50. The summed E-state index contributed by atoms with van der Waals surface area (Å²) in [5.41, 5.74) is 2.45. The van der Waals surface area contributed by atoms with Crippen LogP contribution in [0.2, 0.25) is 0 Å². The molecule has 8 nitrogen and oxygen atoms in total. The molecular formula is C22H19N5O3S. The predicted octanol–water partition coefficient (Wildman–Crippen LogP) is 3.63. The van der Waals surface area contributed by atoms with Crippen molar-refractivity contribution in [2.24, 2.45) is 0 Å². The first-order valence-corrected chi connectivity index (χ1v) is 10.9. The number of carbonyl (C=O) groups excluding carboxylic acids is 1. The van der Waals surface area contributed by atoms with E-state index in [1.807, 2.05) is 37.3 Å². The highest BCUT2D eigenvalue weighted by molar-refractivity contribution is 7.92. The molecule has 0 aliphatic carbocycles. The van der Waals surface area contributed by atoms with Gasteiger partial charge in [-0.15, -0.1) is 0 Å². The second kappa shape index (κ2) is 8.41. The Morgan fingerprint density at radius 2 is 1.65 bits per heavy atom. The van der Waals surface area contributed by atoms with Crippen molar-refractivity contribution < 1.29 is 13.2 Å². The maximum Gasteiger partial charge on any atom is 0.263 e. The van der Waals surface area contributed by atoms with Crippen LogP contribution in [0.3, 0.4) is 0 Å². The van der Waals surface area contributed by atoms with Gasteiger partial charge in [-0.25, -0.2) is 18.1 Å². The molecule has 0 saturated carbocycles. The zero-order chi connectivity index (χ0) is 21.8. The minimum absolute atomic E-state index is 0.0595. The number of amides is 1. The lowest BCUT2D eigenvalue weighted by molar-refractivity contribution is 0.102. The van der Waals surface area contributed by atoms with E-state index in [4.69, 9.17) is 0 Å². The molecule has 0 atom stereocenters. The van der Waals surface area contributed by atoms with Crippen molar-refractivity contribution >= 4 is 27.4 Å². The Balaban J connectivity index is 1.48. The summed E-state index contributed by atoms with van der Waals surface area (Å²) in [4.78, 5) is 16.7. The molecule has 9 heteroatoms. The fourth-order valence-corrected chi connectivity index (χ4v) is 4.01. The first-order valence-electron chi connectivity index (χ1n) is 9.39. The molecule has 1 amide bonds. The molecule has 0 aliphatic heterocycles. The average Bonchev–Trinajstić information content (AvgIpc) is 3.16. The van der Waals surface area contributed by atoms with Crippen molar-refractivity contribution in [1.29, 1.82) is 0 Å². The van der Waals surface area contributed by atoms with Crippen LogP contribution in [0.25, 0.3) is 5.69 Å². The first kappa shape index (κ1) is 20.3. The number of sulfonamides is 1. The van der Waals surface area contributed by atoms with Gasteiger partial charge >= 0.3 is 0 Å². The Bertz CT molecular complexity index is 1300. The van der Waals surface area contributed by atoms with E-state index in [1.165, 1.54) is 36.7 Å². The molecule has 4 aromatic rings. The largest absolute Gasteiger partial charge is 0.322 e. The maximum atomic E-state index is 12.7. The first-order chi connectivity index (χ1) is 14.9. The van der Waals surface area contributed by atoms with Crippen LogP contribution in [-0.2, 0) is 10.0 Å². The van der Waals surface area contributed by atoms with Gasteiger partial charge in [0, 0.05) is 11.9 Å². The Morgan fingerprint density at radius 3 is 2.32 bits per heavy atom. The molecule has 0 spiro atoms. The van der Waals surface area contributed by atoms with Gasteiger partial charge in [-0.3, -0.25) is 9.52 Å². The number of carbonyl (C=O) groups is 1. The molecule has 2 aromatic carbocycles. The molecule has 0 radical (unpaired) electrons. The van der Waals surface area contributed by atoms with Crippen LogP contribution in [0.4, 0.5) is 11.5 Å². The van der Waals surface area contributed by atoms with Gasteiger partial charge in [0.2, 0.25) is 0 Å². The molecule has 2 heterocycles. The zero-order valence-corrected chi connectivity index (χ0v) is 17.4. The Hall–Kier alpha value is -3.98. The highest BCUT2D eigenvalue weighted by atomic mass is 32.2. The zero-order valence-electron chi connectivity index (χ0n) is 16.6. The second-order valence-electron chi connectivity index (χ2n) is 6.69. The third-order valence-corrected chi connectivity index (χ3v) is 5.95. The van der Waals surface area contributed by atoms with Crippen LogP contribution in [0, 0.1) is 6.92 Å². The Labute approximate surface area is 179 Å². The number of nitrogens with one attached hydrogen (secondary N) is 2. The van der Waals surface area contributed by atoms with Crippen LogP contribution in [-0.4, -0.2) is 29.1 Å². The molecule has 4 rings (SSSR count). The van der Waals surface area contributed by atoms with Gasteiger partial charge in [-0.2, -0.15) is 5.10 Å². The van der Waals surface area contributed by atoms with Gasteiger partial charge < -0.3 is 5.32 Å². The van der Waals surface area contributed by atoms with Crippen molar-refractivity contribution in [3.63, 3.8) is 0 Å². The number of rotatable bonds is 6. The van der Waals surface area contributed by atoms with E-state index in [2.05, 4.69) is 20.1 Å². The minimum atomic E-state index is -3.78. The van der Waals surface area contributed by atoms with E-state index in [9.17, 15) is 13.2 Å². The highest BCUT2D eigenvalue weighted by Crippen LogP contribution is 2.19. The number of aromatic nitrogens is 3. The number of hydrogen-bond acceptors (Lipinski definition) is 5. The lowest BCUT2D eigenvalue weighted by Gasteiger charge is -2.09. The molecule has 31 heavy (non-hydrogen) atoms. The lowest BCUT2D eigenvalue weighted by atomic mass is 10.2. The van der Waals surface area contributed by atoms with E-state index in [0.717, 1.165) is 5.69 Å². The molecule has 0 bridgehead atoms. The number of anilines is 2. The number of pyridine rings is 1. The number of benzene rings is 2. The van der Waals surface area contributed by atoms with E-state index < -0.39 is 10.0 Å². The van der Waals surface area contributed by atoms with Gasteiger partial charge in [0.1, 0.15) is 5.82 Å². The van der Waals surface area contributed by atoms with Gasteiger partial charge in [-0.1, -0.05) is 24.3 Å². The van der Waals surface area contributed by atoms with Crippen molar-refractivity contribution in [3.05, 3.63) is 96.4 Å². The van der Waals surface area contributed by atoms with Crippen LogP contribution in [0.15, 0.2) is 90.1 Å². The summed E-state index contributed by atoms with van der Waals surface area (Å²) in [6.45, 7) is 1.81. The summed E-state index contributed by atoms with van der Waals surface area (Å²) < 4.78 is 29.1. The third-order valence-electron chi connectivity index (χ3n) is 4.58. The maximum absolute atomic E-state index is 12.7. The van der Waals surface area contributed by atoms with Gasteiger partial charge in [0.25, 0.3) is 15.9 Å². The molecule has 2 aromatic heterocycles. The van der Waals surface area contributed by atoms with Gasteiger partial charge in [0.15, 0.2) is 0 Å². The van der Waals surface area contributed by atoms with Crippen LogP contribution < -0.4 is 10.0 Å². The molecule has 0 unspecified atom stereocenters. The van der Waals surface area contributed by atoms with Crippen molar-refractivity contribution in [2.75, 3.05) is 10.0 Å². The van der Waals surface area contributed by atoms with Crippen LogP contribution in [0.5, 0.6) is 0 Å². The van der Waals surface area contributed by atoms with E-state index in [-0.39, 0.29) is 16.6 Å². The van der Waals surface area contributed by atoms with Crippen molar-refractivity contribution in [3.8, 4) is 5.69 Å². The lowest BCUT2D eigenvalue weighted by Crippen LogP contribution is -2.15. The summed E-state index contributed by atoms with van der Waals surface area (Å²) in [7, 11) is -3.78. The number of hydrogen-bond donors (Lipinski definition) is 2. The number of nitrogens with zero attached hydrogens (tertiary/aromatic N) is 3. The topological polar surface area (TPSA) is 106 Å². The van der Waals surface area contributed by atoms with Crippen LogP contribution >= 0.6 is 0 Å². The second-order valence-corrected chi connectivity index (χ2v) is 8.37. The molecular weight excluding hydrogens is 414 g/mol. The average molecular weight is 433 g/mol. The number of para-hydroxylation sites is 1. The van der Waals surface area contributed by atoms with Crippen molar-refractivity contribution in [1.82, 2.24) is 14.8 Å². The molecule has 2 N–H and O–H groups in total. The minimum Gasteiger partial charge on any atom is -0.322 e. The smallest absolute Gasteiger partial charge is 0.263 e. The summed E-state index contributed by atoms with van der Waals surface area (Å²) >= 11 is 0. The van der Waals surface area contributed by atoms with Crippen LogP contribution in [0.1, 0.15) is 16.1 Å². The highest BCUT2D eigenvalue weighted by Gasteiger charge is 2.17. The van der Waals surface area contributed by atoms with Gasteiger partial charge in [0.05, 0.1) is 28.0 Å². The molecule has 0 saturated heterocycles. The summed E-state index contributed by atoms with van der Waals surface area (Å²) in [5.74, 6) is -0.104. The van der Waals surface area contributed by atoms with E-state index >= 15 is 0 Å². The van der Waals surface area contributed by atoms with Crippen molar-refractivity contribution in [2.45, 2.75) is 11.8 Å². The summed E-state index contributed by atoms with van der Waals surface area (Å²) in [5, 5.41) is 7.07.